The van der Waals surface area contributed by atoms with Crippen molar-refractivity contribution in [2.75, 3.05) is 0 Å². The summed E-state index contributed by atoms with van der Waals surface area (Å²) in [5.41, 5.74) is 0.175. The Morgan fingerprint density at radius 3 is 2.92 bits per heavy atom. The second-order valence-electron chi connectivity index (χ2n) is 2.97. The van der Waals surface area contributed by atoms with Crippen LogP contribution in [0.15, 0.2) is 11.6 Å². The summed E-state index contributed by atoms with van der Waals surface area (Å²) in [6.07, 6.45) is 3.17. The Morgan fingerprint density at radius 1 is 1.69 bits per heavy atom. The number of halogens is 1. The van der Waals surface area contributed by atoms with Gasteiger partial charge >= 0.3 is 5.97 Å². The van der Waals surface area contributed by atoms with Crippen molar-refractivity contribution >= 4 is 11.8 Å². The van der Waals surface area contributed by atoms with E-state index in [4.69, 9.17) is 0 Å². The van der Waals surface area contributed by atoms with Crippen molar-refractivity contribution in [1.82, 2.24) is 0 Å². The molecule has 0 aromatic heterocycles. The van der Waals surface area contributed by atoms with E-state index in [1.165, 1.54) is 0 Å². The van der Waals surface area contributed by atoms with Crippen molar-refractivity contribution in [3.8, 4) is 0 Å². The van der Waals surface area contributed by atoms with Crippen LogP contribution in [-0.2, 0) is 14.5 Å². The second kappa shape index (κ2) is 4.16. The molecule has 1 atom stereocenters. The molecule has 1 unspecified atom stereocenters. The second-order valence-corrected chi connectivity index (χ2v) is 2.97. The lowest BCUT2D eigenvalue weighted by atomic mass is 9.95. The average Bonchev–Trinajstić information content (AvgIpc) is 2.63. The van der Waals surface area contributed by atoms with Crippen LogP contribution in [0.5, 0.6) is 0 Å². The number of hydrogen-bond donors (Lipinski definition) is 0. The number of carbonyl (C=O) groups is 2. The largest absolute Gasteiger partial charge is 0.375 e. The highest BCUT2D eigenvalue weighted by Gasteiger charge is 2.31. The average molecular weight is 186 g/mol. The van der Waals surface area contributed by atoms with E-state index in [1.54, 1.807) is 13.0 Å². The van der Waals surface area contributed by atoms with Crippen molar-refractivity contribution in [3.05, 3.63) is 11.6 Å². The van der Waals surface area contributed by atoms with Crippen LogP contribution in [0.3, 0.4) is 0 Å². The minimum atomic E-state index is -1.02. The van der Waals surface area contributed by atoms with Gasteiger partial charge in [-0.15, -0.1) is 0 Å². The Balaban J connectivity index is 2.73. The van der Waals surface area contributed by atoms with Crippen LogP contribution in [0.2, 0.25) is 0 Å². The molecule has 0 aromatic rings. The fourth-order valence-corrected chi connectivity index (χ4v) is 1.55. The van der Waals surface area contributed by atoms with Gasteiger partial charge in [0.25, 0.3) is 0 Å². The van der Waals surface area contributed by atoms with Crippen LogP contribution in [-0.4, -0.2) is 11.8 Å². The molecule has 1 aliphatic rings. The van der Waals surface area contributed by atoms with E-state index in [0.29, 0.717) is 19.3 Å². The summed E-state index contributed by atoms with van der Waals surface area (Å²) >= 11 is 0. The third-order valence-corrected chi connectivity index (χ3v) is 2.24. The minimum Gasteiger partial charge on any atom is -0.299 e. The molecule has 4 heteroatoms. The fraction of sp³-hybridized carbons (Fsp3) is 0.556. The predicted octanol–water partition coefficient (Wildman–Crippen LogP) is 1.73. The van der Waals surface area contributed by atoms with Crippen LogP contribution >= 0.6 is 0 Å². The summed E-state index contributed by atoms with van der Waals surface area (Å²) < 4.78 is 11.6. The van der Waals surface area contributed by atoms with Crippen molar-refractivity contribution < 1.29 is 19.1 Å². The van der Waals surface area contributed by atoms with E-state index in [0.717, 1.165) is 0 Å². The maximum atomic E-state index is 11.6. The molecule has 0 N–H and O–H groups in total. The van der Waals surface area contributed by atoms with Gasteiger partial charge < -0.3 is 0 Å². The summed E-state index contributed by atoms with van der Waals surface area (Å²) in [5.74, 6) is -1.51. The topological polar surface area (TPSA) is 43.4 Å². The number of rotatable bonds is 3. The SMILES string of the molecule is CCC(=O)C1CCC=C1C(=O)OF. The fourth-order valence-electron chi connectivity index (χ4n) is 1.55. The molecule has 1 rings (SSSR count). The van der Waals surface area contributed by atoms with Gasteiger partial charge in [0.1, 0.15) is 5.78 Å². The number of Topliss-reactive ketones (excluding diaryl/α,β-unsaturated/α-hetero) is 1. The van der Waals surface area contributed by atoms with Gasteiger partial charge in [0.15, 0.2) is 0 Å². The molecule has 0 amide bonds. The minimum absolute atomic E-state index is 0.0332. The Kier molecular flexibility index (Phi) is 3.17. The first-order valence-corrected chi connectivity index (χ1v) is 4.26. The first kappa shape index (κ1) is 9.89. The Morgan fingerprint density at radius 2 is 2.38 bits per heavy atom. The van der Waals surface area contributed by atoms with Crippen LogP contribution in [0, 0.1) is 5.92 Å². The Hall–Kier alpha value is -1.19. The molecule has 1 aliphatic carbocycles. The van der Waals surface area contributed by atoms with E-state index < -0.39 is 11.9 Å². The molecule has 0 spiro atoms. The monoisotopic (exact) mass is 186 g/mol. The highest BCUT2D eigenvalue weighted by Crippen LogP contribution is 2.28. The molecule has 0 aliphatic heterocycles. The normalized spacial score (nSPS) is 21.1. The van der Waals surface area contributed by atoms with Crippen molar-refractivity contribution in [3.63, 3.8) is 0 Å². The molecule has 0 heterocycles. The van der Waals surface area contributed by atoms with E-state index in [9.17, 15) is 14.1 Å². The van der Waals surface area contributed by atoms with Crippen LogP contribution in [0.25, 0.3) is 0 Å². The molecule has 72 valence electrons. The summed E-state index contributed by atoms with van der Waals surface area (Å²) in [6.45, 7) is 1.72. The van der Waals surface area contributed by atoms with Gasteiger partial charge in [0, 0.05) is 22.4 Å². The first-order chi connectivity index (χ1) is 6.20. The maximum absolute atomic E-state index is 11.6. The number of carbonyl (C=O) groups excluding carboxylic acids is 2. The van der Waals surface area contributed by atoms with Crippen molar-refractivity contribution in [2.24, 2.45) is 5.92 Å². The van der Waals surface area contributed by atoms with Gasteiger partial charge in [0.05, 0.1) is 0 Å². The van der Waals surface area contributed by atoms with Gasteiger partial charge in [-0.05, 0) is 12.8 Å². The quantitative estimate of drug-likeness (QED) is 0.674. The van der Waals surface area contributed by atoms with Crippen LogP contribution in [0.4, 0.5) is 4.53 Å². The van der Waals surface area contributed by atoms with Crippen LogP contribution in [0.1, 0.15) is 26.2 Å². The van der Waals surface area contributed by atoms with Gasteiger partial charge in [-0.25, -0.2) is 9.74 Å². The molecule has 0 bridgehead atoms. The standard InChI is InChI=1S/C9H11FO3/c1-2-8(11)6-4-3-5-7(6)9(12)13-10/h5-6H,2-4H2,1H3. The van der Waals surface area contributed by atoms with Gasteiger partial charge in [-0.1, -0.05) is 13.0 Å². The van der Waals surface area contributed by atoms with E-state index >= 15 is 0 Å². The van der Waals surface area contributed by atoms with E-state index in [1.807, 2.05) is 0 Å². The molecular weight excluding hydrogens is 175 g/mol. The lowest BCUT2D eigenvalue weighted by molar-refractivity contribution is -0.179. The highest BCUT2D eigenvalue weighted by molar-refractivity contribution is 5.98. The lowest BCUT2D eigenvalue weighted by Crippen LogP contribution is -2.18. The Labute approximate surface area is 75.5 Å². The third kappa shape index (κ3) is 1.94. The smallest absolute Gasteiger partial charge is 0.299 e. The van der Waals surface area contributed by atoms with Crippen molar-refractivity contribution in [2.45, 2.75) is 26.2 Å². The van der Waals surface area contributed by atoms with Gasteiger partial charge in [-0.2, -0.15) is 0 Å². The predicted molar refractivity (Wildman–Crippen MR) is 43.3 cm³/mol. The molecule has 13 heavy (non-hydrogen) atoms. The molecule has 0 saturated heterocycles. The van der Waals surface area contributed by atoms with Crippen LogP contribution < -0.4 is 0 Å². The lowest BCUT2D eigenvalue weighted by Gasteiger charge is -2.08. The number of hydrogen-bond acceptors (Lipinski definition) is 3. The summed E-state index contributed by atoms with van der Waals surface area (Å²) in [5, 5.41) is 0. The summed E-state index contributed by atoms with van der Waals surface area (Å²) in [7, 11) is 0. The summed E-state index contributed by atoms with van der Waals surface area (Å²) in [6, 6.07) is 0. The molecular formula is C9H11FO3. The maximum Gasteiger partial charge on any atom is 0.375 e. The van der Waals surface area contributed by atoms with E-state index in [2.05, 4.69) is 4.94 Å². The molecule has 3 nitrogen and oxygen atoms in total. The molecule has 0 radical (unpaired) electrons. The summed E-state index contributed by atoms with van der Waals surface area (Å²) in [4.78, 5) is 25.2. The van der Waals surface area contributed by atoms with Crippen molar-refractivity contribution in [1.29, 1.82) is 0 Å². The zero-order valence-corrected chi connectivity index (χ0v) is 7.38. The van der Waals surface area contributed by atoms with Gasteiger partial charge in [0.2, 0.25) is 0 Å². The molecule has 0 aromatic carbocycles. The number of allylic oxidation sites excluding steroid dienone is 1. The third-order valence-electron chi connectivity index (χ3n) is 2.24. The Bertz CT molecular complexity index is 258. The first-order valence-electron chi connectivity index (χ1n) is 4.26. The highest BCUT2D eigenvalue weighted by atomic mass is 19.3. The number of ketones is 1. The van der Waals surface area contributed by atoms with Gasteiger partial charge in [-0.3, -0.25) is 4.79 Å². The zero-order valence-electron chi connectivity index (χ0n) is 7.38. The van der Waals surface area contributed by atoms with E-state index in [-0.39, 0.29) is 11.4 Å². The molecule has 0 saturated carbocycles. The zero-order chi connectivity index (χ0) is 9.84. The molecule has 0 fully saturated rings.